The minimum Gasteiger partial charge on any atom is -0.315 e. The van der Waals surface area contributed by atoms with Crippen molar-refractivity contribution in [2.75, 3.05) is 18.9 Å². The summed E-state index contributed by atoms with van der Waals surface area (Å²) >= 11 is 1.62. The molecule has 5 heteroatoms. The zero-order valence-corrected chi connectivity index (χ0v) is 15.4. The predicted molar refractivity (Wildman–Crippen MR) is 98.4 cm³/mol. The Bertz CT molecular complexity index is 625. The van der Waals surface area contributed by atoms with E-state index in [4.69, 9.17) is 0 Å². The van der Waals surface area contributed by atoms with Crippen molar-refractivity contribution in [1.82, 2.24) is 4.90 Å². The standard InChI is InChI=1S/C19H27N3OS/c1-22(14-8-4-2-5-9-14)13-18(23)21-19-16(12-20)15-10-6-3-7-11-17(15)24-19/h14H,2-11,13H2,1H3,(H,21,23). The number of carbonyl (C=O) groups is 1. The fourth-order valence-electron chi connectivity index (χ4n) is 3.99. The molecule has 1 aromatic rings. The second-order valence-electron chi connectivity index (χ2n) is 7.14. The molecule has 0 unspecified atom stereocenters. The Labute approximate surface area is 148 Å². The van der Waals surface area contributed by atoms with Gasteiger partial charge < -0.3 is 5.32 Å². The van der Waals surface area contributed by atoms with Crippen LogP contribution in [0.25, 0.3) is 0 Å². The van der Waals surface area contributed by atoms with Crippen LogP contribution >= 0.6 is 11.3 Å². The van der Waals surface area contributed by atoms with E-state index in [0.717, 1.165) is 24.3 Å². The van der Waals surface area contributed by atoms with Crippen LogP contribution in [-0.2, 0) is 17.6 Å². The number of carbonyl (C=O) groups excluding carboxylic acids is 1. The van der Waals surface area contributed by atoms with Crippen molar-refractivity contribution < 1.29 is 4.79 Å². The summed E-state index contributed by atoms with van der Waals surface area (Å²) in [5.41, 5.74) is 1.90. The molecule has 0 saturated heterocycles. The Balaban J connectivity index is 1.65. The molecule has 2 aliphatic rings. The average molecular weight is 346 g/mol. The first kappa shape index (κ1) is 17.4. The Morgan fingerprint density at radius 1 is 1.21 bits per heavy atom. The van der Waals surface area contributed by atoms with Gasteiger partial charge in [-0.15, -0.1) is 11.3 Å². The Morgan fingerprint density at radius 3 is 2.67 bits per heavy atom. The molecule has 0 aliphatic heterocycles. The van der Waals surface area contributed by atoms with Crippen molar-refractivity contribution >= 4 is 22.2 Å². The second-order valence-corrected chi connectivity index (χ2v) is 8.24. The maximum absolute atomic E-state index is 12.5. The number of hydrogen-bond donors (Lipinski definition) is 1. The van der Waals surface area contributed by atoms with Gasteiger partial charge in [0.1, 0.15) is 11.1 Å². The van der Waals surface area contributed by atoms with Gasteiger partial charge in [-0.25, -0.2) is 0 Å². The van der Waals surface area contributed by atoms with Gasteiger partial charge in [0, 0.05) is 10.9 Å². The summed E-state index contributed by atoms with van der Waals surface area (Å²) in [6, 6.07) is 2.86. The van der Waals surface area contributed by atoms with Gasteiger partial charge >= 0.3 is 0 Å². The van der Waals surface area contributed by atoms with Gasteiger partial charge in [0.25, 0.3) is 0 Å². The van der Waals surface area contributed by atoms with Crippen molar-refractivity contribution in [3.63, 3.8) is 0 Å². The molecule has 1 amide bonds. The zero-order chi connectivity index (χ0) is 16.9. The van der Waals surface area contributed by atoms with Crippen LogP contribution in [0.1, 0.15) is 67.4 Å². The summed E-state index contributed by atoms with van der Waals surface area (Å²) in [6.45, 7) is 0.415. The first-order chi connectivity index (χ1) is 11.7. The quantitative estimate of drug-likeness (QED) is 0.836. The molecule has 0 spiro atoms. The Kier molecular flexibility index (Phi) is 5.91. The van der Waals surface area contributed by atoms with E-state index in [2.05, 4.69) is 16.3 Å². The van der Waals surface area contributed by atoms with E-state index in [0.29, 0.717) is 18.2 Å². The van der Waals surface area contributed by atoms with E-state index >= 15 is 0 Å². The highest BCUT2D eigenvalue weighted by Gasteiger charge is 2.23. The highest BCUT2D eigenvalue weighted by atomic mass is 32.1. The minimum absolute atomic E-state index is 0.0102. The number of amides is 1. The molecular weight excluding hydrogens is 318 g/mol. The number of nitrogens with zero attached hydrogens (tertiary/aromatic N) is 2. The predicted octanol–water partition coefficient (Wildman–Crippen LogP) is 4.09. The lowest BCUT2D eigenvalue weighted by Gasteiger charge is -2.30. The maximum atomic E-state index is 12.5. The number of thiophene rings is 1. The first-order valence-corrected chi connectivity index (χ1v) is 10.1. The van der Waals surface area contributed by atoms with Gasteiger partial charge in [-0.3, -0.25) is 9.69 Å². The molecule has 2 aliphatic carbocycles. The number of likely N-dealkylation sites (N-methyl/N-ethyl adjacent to an activating group) is 1. The number of nitrogens with one attached hydrogen (secondary N) is 1. The largest absolute Gasteiger partial charge is 0.315 e. The SMILES string of the molecule is CN(CC(=O)Nc1sc2c(c1C#N)CCCCC2)C1CCCCC1. The van der Waals surface area contributed by atoms with Crippen molar-refractivity contribution in [1.29, 1.82) is 5.26 Å². The molecule has 1 heterocycles. The van der Waals surface area contributed by atoms with Crippen LogP contribution in [0.4, 0.5) is 5.00 Å². The zero-order valence-electron chi connectivity index (χ0n) is 14.6. The van der Waals surface area contributed by atoms with Gasteiger partial charge in [-0.1, -0.05) is 25.7 Å². The van der Waals surface area contributed by atoms with Crippen LogP contribution in [0.5, 0.6) is 0 Å². The third kappa shape index (κ3) is 3.99. The van der Waals surface area contributed by atoms with Crippen molar-refractivity contribution in [3.05, 3.63) is 16.0 Å². The van der Waals surface area contributed by atoms with Crippen LogP contribution in [0, 0.1) is 11.3 Å². The van der Waals surface area contributed by atoms with E-state index in [1.54, 1.807) is 11.3 Å². The van der Waals surface area contributed by atoms with Crippen molar-refractivity contribution in [2.24, 2.45) is 0 Å². The number of rotatable bonds is 4. The molecule has 0 atom stereocenters. The highest BCUT2D eigenvalue weighted by Crippen LogP contribution is 2.37. The number of hydrogen-bond acceptors (Lipinski definition) is 4. The van der Waals surface area contributed by atoms with E-state index in [1.165, 1.54) is 55.4 Å². The van der Waals surface area contributed by atoms with Crippen LogP contribution < -0.4 is 5.32 Å². The summed E-state index contributed by atoms with van der Waals surface area (Å²) in [4.78, 5) is 15.9. The highest BCUT2D eigenvalue weighted by molar-refractivity contribution is 7.16. The van der Waals surface area contributed by atoms with Crippen molar-refractivity contribution in [2.45, 2.75) is 70.3 Å². The fourth-order valence-corrected chi connectivity index (χ4v) is 5.25. The fraction of sp³-hybridized carbons (Fsp3) is 0.684. The summed E-state index contributed by atoms with van der Waals surface area (Å²) < 4.78 is 0. The Morgan fingerprint density at radius 2 is 1.92 bits per heavy atom. The van der Waals surface area contributed by atoms with E-state index < -0.39 is 0 Å². The van der Waals surface area contributed by atoms with Gasteiger partial charge in [-0.2, -0.15) is 5.26 Å². The smallest absolute Gasteiger partial charge is 0.239 e. The third-order valence-corrected chi connectivity index (χ3v) is 6.58. The molecule has 1 N–H and O–H groups in total. The lowest BCUT2D eigenvalue weighted by molar-refractivity contribution is -0.117. The molecule has 0 bridgehead atoms. The van der Waals surface area contributed by atoms with Crippen LogP contribution in [0.2, 0.25) is 0 Å². The van der Waals surface area contributed by atoms with E-state index in [9.17, 15) is 10.1 Å². The lowest BCUT2D eigenvalue weighted by atomic mass is 9.94. The van der Waals surface area contributed by atoms with Gasteiger partial charge in [0.05, 0.1) is 12.1 Å². The topological polar surface area (TPSA) is 56.1 Å². The average Bonchev–Trinajstić information content (AvgIpc) is 2.75. The molecule has 1 fully saturated rings. The Hall–Kier alpha value is -1.38. The van der Waals surface area contributed by atoms with E-state index in [1.807, 2.05) is 7.05 Å². The van der Waals surface area contributed by atoms with Crippen molar-refractivity contribution in [3.8, 4) is 6.07 Å². The summed E-state index contributed by atoms with van der Waals surface area (Å²) in [6.07, 6.45) is 11.9. The molecule has 1 aromatic heterocycles. The molecular formula is C19H27N3OS. The van der Waals surface area contributed by atoms with Crippen LogP contribution in [0.15, 0.2) is 0 Å². The molecule has 4 nitrogen and oxygen atoms in total. The number of fused-ring (bicyclic) bond motifs is 1. The molecule has 0 radical (unpaired) electrons. The van der Waals surface area contributed by atoms with Gasteiger partial charge in [0.15, 0.2) is 0 Å². The van der Waals surface area contributed by atoms with Gasteiger partial charge in [-0.05, 0) is 51.1 Å². The van der Waals surface area contributed by atoms with Crippen LogP contribution in [-0.4, -0.2) is 30.4 Å². The minimum atomic E-state index is 0.0102. The van der Waals surface area contributed by atoms with Gasteiger partial charge in [0.2, 0.25) is 5.91 Å². The molecule has 130 valence electrons. The third-order valence-electron chi connectivity index (χ3n) is 5.38. The summed E-state index contributed by atoms with van der Waals surface area (Å²) in [5.74, 6) is 0.0102. The molecule has 1 saturated carbocycles. The lowest BCUT2D eigenvalue weighted by Crippen LogP contribution is -2.39. The number of nitriles is 1. The molecule has 3 rings (SSSR count). The van der Waals surface area contributed by atoms with E-state index in [-0.39, 0.29) is 5.91 Å². The molecule has 24 heavy (non-hydrogen) atoms. The summed E-state index contributed by atoms with van der Waals surface area (Å²) in [5, 5.41) is 13.3. The maximum Gasteiger partial charge on any atom is 0.239 e. The monoisotopic (exact) mass is 345 g/mol. The molecule has 0 aromatic carbocycles. The van der Waals surface area contributed by atoms with Crippen LogP contribution in [0.3, 0.4) is 0 Å². The number of aryl methyl sites for hydroxylation is 1. The first-order valence-electron chi connectivity index (χ1n) is 9.23. The number of anilines is 1. The second kappa shape index (κ2) is 8.13. The normalized spacial score (nSPS) is 18.7. The summed E-state index contributed by atoms with van der Waals surface area (Å²) in [7, 11) is 2.05.